The van der Waals surface area contributed by atoms with Gasteiger partial charge in [-0.3, -0.25) is 4.79 Å². The number of halogens is 3. The molecule has 3 aromatic rings. The van der Waals surface area contributed by atoms with E-state index in [0.29, 0.717) is 56.6 Å². The highest BCUT2D eigenvalue weighted by Crippen LogP contribution is 2.35. The fourth-order valence-corrected chi connectivity index (χ4v) is 4.42. The largest absolute Gasteiger partial charge is 0.475 e. The summed E-state index contributed by atoms with van der Waals surface area (Å²) < 4.78 is 52.0. The van der Waals surface area contributed by atoms with Gasteiger partial charge >= 0.3 is 6.18 Å². The number of ether oxygens (including phenoxy) is 2. The molecular formula is C28H31F3N4O3. The molecule has 0 unspecified atom stereocenters. The molecule has 10 heteroatoms. The van der Waals surface area contributed by atoms with Crippen LogP contribution in [0.4, 0.5) is 24.5 Å². The number of hydrogen-bond acceptors (Lipinski definition) is 6. The first-order chi connectivity index (χ1) is 18.2. The molecule has 4 rings (SSSR count). The van der Waals surface area contributed by atoms with Crippen molar-refractivity contribution in [1.29, 1.82) is 0 Å². The van der Waals surface area contributed by atoms with Crippen molar-refractivity contribution in [3.05, 3.63) is 64.7 Å². The van der Waals surface area contributed by atoms with Gasteiger partial charge in [-0.25, -0.2) is 0 Å². The molecule has 2 aromatic carbocycles. The molecule has 2 heterocycles. The predicted molar refractivity (Wildman–Crippen MR) is 140 cm³/mol. The Morgan fingerprint density at radius 2 is 1.84 bits per heavy atom. The smallest absolute Gasteiger partial charge is 0.416 e. The van der Waals surface area contributed by atoms with Gasteiger partial charge in [-0.15, -0.1) is 10.2 Å². The number of aromatic nitrogens is 2. The van der Waals surface area contributed by atoms with E-state index in [1.165, 1.54) is 12.1 Å². The molecule has 0 spiro atoms. The third-order valence-electron chi connectivity index (χ3n) is 6.34. The van der Waals surface area contributed by atoms with Crippen molar-refractivity contribution in [2.75, 3.05) is 43.1 Å². The number of nitrogens with zero attached hydrogens (tertiary/aromatic N) is 3. The minimum absolute atomic E-state index is 0.0604. The van der Waals surface area contributed by atoms with Crippen LogP contribution in [0.25, 0.3) is 11.3 Å². The highest BCUT2D eigenvalue weighted by Gasteiger charge is 2.33. The summed E-state index contributed by atoms with van der Waals surface area (Å²) in [6.45, 7) is 8.63. The summed E-state index contributed by atoms with van der Waals surface area (Å²) in [7, 11) is 0. The van der Waals surface area contributed by atoms with E-state index in [0.717, 1.165) is 22.9 Å². The molecular weight excluding hydrogens is 497 g/mol. The Balaban J connectivity index is 1.63. The predicted octanol–water partition coefficient (Wildman–Crippen LogP) is 5.91. The van der Waals surface area contributed by atoms with Crippen molar-refractivity contribution in [2.45, 2.75) is 39.8 Å². The summed E-state index contributed by atoms with van der Waals surface area (Å²) in [6, 6.07) is 10.9. The number of rotatable bonds is 8. The lowest BCUT2D eigenvalue weighted by atomic mass is 9.99. The molecule has 1 aliphatic heterocycles. The summed E-state index contributed by atoms with van der Waals surface area (Å²) in [5.74, 6) is -0.188. The molecule has 1 aromatic heterocycles. The maximum absolute atomic E-state index is 13.6. The Morgan fingerprint density at radius 3 is 2.53 bits per heavy atom. The van der Waals surface area contributed by atoms with Gasteiger partial charge in [-0.1, -0.05) is 25.5 Å². The number of anilines is 2. The van der Waals surface area contributed by atoms with E-state index < -0.39 is 17.6 Å². The molecule has 38 heavy (non-hydrogen) atoms. The average Bonchev–Trinajstić information content (AvgIpc) is 2.90. The van der Waals surface area contributed by atoms with Crippen molar-refractivity contribution in [3.8, 4) is 17.1 Å². The monoisotopic (exact) mass is 528 g/mol. The zero-order valence-corrected chi connectivity index (χ0v) is 21.7. The van der Waals surface area contributed by atoms with E-state index in [1.807, 2.05) is 32.9 Å². The van der Waals surface area contributed by atoms with E-state index in [4.69, 9.17) is 9.47 Å². The van der Waals surface area contributed by atoms with E-state index in [2.05, 4.69) is 20.4 Å². The first-order valence-electron chi connectivity index (χ1n) is 12.7. The summed E-state index contributed by atoms with van der Waals surface area (Å²) >= 11 is 0. The molecule has 0 radical (unpaired) electrons. The highest BCUT2D eigenvalue weighted by molar-refractivity contribution is 6.04. The van der Waals surface area contributed by atoms with Crippen LogP contribution in [0, 0.1) is 6.92 Å². The van der Waals surface area contributed by atoms with Crippen molar-refractivity contribution in [2.24, 2.45) is 0 Å². The maximum atomic E-state index is 13.6. The van der Waals surface area contributed by atoms with E-state index >= 15 is 0 Å². The molecule has 1 aliphatic rings. The van der Waals surface area contributed by atoms with Gasteiger partial charge in [-0.2, -0.15) is 13.2 Å². The van der Waals surface area contributed by atoms with E-state index in [9.17, 15) is 18.0 Å². The number of carbonyl (C=O) groups is 1. The third-order valence-corrected chi connectivity index (χ3v) is 6.34. The Kier molecular flexibility index (Phi) is 8.51. The number of amides is 1. The Morgan fingerprint density at radius 1 is 1.08 bits per heavy atom. The molecule has 1 amide bonds. The van der Waals surface area contributed by atoms with Crippen LogP contribution >= 0.6 is 0 Å². The molecule has 202 valence electrons. The summed E-state index contributed by atoms with van der Waals surface area (Å²) in [6.07, 6.45) is -3.68. The van der Waals surface area contributed by atoms with Gasteiger partial charge in [0.1, 0.15) is 5.69 Å². The quantitative estimate of drug-likeness (QED) is 0.392. The van der Waals surface area contributed by atoms with Gasteiger partial charge in [0.05, 0.1) is 31.1 Å². The van der Waals surface area contributed by atoms with Crippen molar-refractivity contribution >= 4 is 17.3 Å². The Labute approximate surface area is 220 Å². The van der Waals surface area contributed by atoms with Gasteiger partial charge in [0, 0.05) is 29.9 Å². The van der Waals surface area contributed by atoms with Gasteiger partial charge in [0.2, 0.25) is 0 Å². The number of alkyl halides is 3. The molecule has 0 saturated carbocycles. The topological polar surface area (TPSA) is 76.6 Å². The highest BCUT2D eigenvalue weighted by atomic mass is 19.4. The Hall–Kier alpha value is -3.66. The number of aryl methyl sites for hydroxylation is 2. The van der Waals surface area contributed by atoms with Gasteiger partial charge in [-0.05, 0) is 61.7 Å². The summed E-state index contributed by atoms with van der Waals surface area (Å²) in [4.78, 5) is 15.1. The molecule has 0 atom stereocenters. The summed E-state index contributed by atoms with van der Waals surface area (Å²) in [5.41, 5.74) is 2.81. The van der Waals surface area contributed by atoms with Crippen LogP contribution in [-0.2, 0) is 17.3 Å². The molecule has 1 N–H and O–H groups in total. The summed E-state index contributed by atoms with van der Waals surface area (Å²) in [5, 5.41) is 11.4. The van der Waals surface area contributed by atoms with Crippen molar-refractivity contribution < 1.29 is 27.4 Å². The van der Waals surface area contributed by atoms with Crippen LogP contribution in [0.3, 0.4) is 0 Å². The standard InChI is InChI=1S/C28H31F3N4O3/c1-4-6-19-8-9-20(15-23(19)28(29,30)31)26(36)32-21-10-7-18(3)22(16-21)24-17-25(27(34-33-24)38-5-2)35-11-13-37-14-12-35/h7-10,15-17H,4-6,11-14H2,1-3H3,(H,32,36). The molecule has 1 saturated heterocycles. The Bertz CT molecular complexity index is 1290. The van der Waals surface area contributed by atoms with Crippen LogP contribution in [0.1, 0.15) is 47.3 Å². The minimum atomic E-state index is -4.54. The van der Waals surface area contributed by atoms with Crippen LogP contribution in [-0.4, -0.2) is 49.0 Å². The minimum Gasteiger partial charge on any atom is -0.475 e. The average molecular weight is 529 g/mol. The third kappa shape index (κ3) is 6.24. The number of hydrogen-bond donors (Lipinski definition) is 1. The van der Waals surface area contributed by atoms with Crippen molar-refractivity contribution in [1.82, 2.24) is 10.2 Å². The second-order valence-electron chi connectivity index (χ2n) is 9.06. The zero-order chi connectivity index (χ0) is 27.3. The lowest BCUT2D eigenvalue weighted by Gasteiger charge is -2.29. The lowest BCUT2D eigenvalue weighted by Crippen LogP contribution is -2.36. The van der Waals surface area contributed by atoms with Crippen LogP contribution in [0.5, 0.6) is 5.88 Å². The van der Waals surface area contributed by atoms with Crippen LogP contribution in [0.2, 0.25) is 0 Å². The normalized spacial score (nSPS) is 13.9. The lowest BCUT2D eigenvalue weighted by molar-refractivity contribution is -0.138. The second-order valence-corrected chi connectivity index (χ2v) is 9.06. The number of morpholine rings is 1. The van der Waals surface area contributed by atoms with Gasteiger partial charge < -0.3 is 19.7 Å². The molecule has 0 bridgehead atoms. The van der Waals surface area contributed by atoms with Gasteiger partial charge in [0.15, 0.2) is 0 Å². The zero-order valence-electron chi connectivity index (χ0n) is 21.7. The molecule has 7 nitrogen and oxygen atoms in total. The van der Waals surface area contributed by atoms with Crippen LogP contribution in [0.15, 0.2) is 42.5 Å². The van der Waals surface area contributed by atoms with Gasteiger partial charge in [0.25, 0.3) is 11.8 Å². The van der Waals surface area contributed by atoms with E-state index in [-0.39, 0.29) is 17.5 Å². The van der Waals surface area contributed by atoms with E-state index in [1.54, 1.807) is 12.1 Å². The first-order valence-corrected chi connectivity index (χ1v) is 12.7. The number of carbonyl (C=O) groups excluding carboxylic acids is 1. The second kappa shape index (κ2) is 11.8. The molecule has 1 fully saturated rings. The first kappa shape index (κ1) is 27.4. The SMILES string of the molecule is CCCc1ccc(C(=O)Nc2ccc(C)c(-c3cc(N4CCOCC4)c(OCC)nn3)c2)cc1C(F)(F)F. The van der Waals surface area contributed by atoms with Crippen LogP contribution < -0.4 is 15.0 Å². The fourth-order valence-electron chi connectivity index (χ4n) is 4.42. The molecule has 0 aliphatic carbocycles. The maximum Gasteiger partial charge on any atom is 0.416 e. The fraction of sp³-hybridized carbons (Fsp3) is 0.393. The number of nitrogens with one attached hydrogen (secondary N) is 1. The van der Waals surface area contributed by atoms with Crippen molar-refractivity contribution in [3.63, 3.8) is 0 Å². The number of benzene rings is 2.